The van der Waals surface area contributed by atoms with Gasteiger partial charge >= 0.3 is 0 Å². The molecule has 0 saturated carbocycles. The van der Waals surface area contributed by atoms with Crippen LogP contribution in [0.5, 0.6) is 0 Å². The first-order valence-electron chi connectivity index (χ1n) is 8.95. The highest BCUT2D eigenvalue weighted by Crippen LogP contribution is 2.36. The number of halogens is 2. The summed E-state index contributed by atoms with van der Waals surface area (Å²) in [4.78, 5) is 20.7. The Balaban J connectivity index is 1.49. The number of rotatable bonds is 3. The van der Waals surface area contributed by atoms with Crippen LogP contribution in [0.3, 0.4) is 0 Å². The second kappa shape index (κ2) is 6.78. The number of hydrogen-bond donors (Lipinski definition) is 1. The Morgan fingerprint density at radius 2 is 2.11 bits per heavy atom. The third kappa shape index (κ3) is 3.14. The van der Waals surface area contributed by atoms with E-state index in [-0.39, 0.29) is 11.9 Å². The predicted molar refractivity (Wildman–Crippen MR) is 108 cm³/mol. The molecule has 1 atom stereocenters. The van der Waals surface area contributed by atoms with E-state index in [4.69, 9.17) is 27.6 Å². The minimum Gasteiger partial charge on any atom is -0.435 e. The number of aromatic nitrogens is 1. The summed E-state index contributed by atoms with van der Waals surface area (Å²) in [6.07, 6.45) is 2.28. The van der Waals surface area contributed by atoms with Gasteiger partial charge in [-0.2, -0.15) is 0 Å². The summed E-state index contributed by atoms with van der Waals surface area (Å²) in [6.45, 7) is 3.17. The molecule has 5 nitrogen and oxygen atoms in total. The molecule has 1 N–H and O–H groups in total. The van der Waals surface area contributed by atoms with Crippen LogP contribution in [-0.2, 0) is 0 Å². The summed E-state index contributed by atoms with van der Waals surface area (Å²) < 4.78 is 5.85. The number of hydrogen-bond acceptors (Lipinski definition) is 5. The van der Waals surface area contributed by atoms with Crippen molar-refractivity contribution in [1.29, 1.82) is 0 Å². The van der Waals surface area contributed by atoms with Gasteiger partial charge in [0.05, 0.1) is 10.6 Å². The van der Waals surface area contributed by atoms with Crippen molar-refractivity contribution in [3.05, 3.63) is 39.2 Å². The van der Waals surface area contributed by atoms with Gasteiger partial charge in [-0.25, -0.2) is 4.98 Å². The molecule has 3 aromatic rings. The van der Waals surface area contributed by atoms with Gasteiger partial charge in [0.2, 0.25) is 5.89 Å². The van der Waals surface area contributed by atoms with E-state index in [1.54, 1.807) is 18.2 Å². The number of carbonyl (C=O) groups excluding carboxylic acids is 1. The Bertz CT molecular complexity index is 1020. The van der Waals surface area contributed by atoms with E-state index < -0.39 is 0 Å². The quantitative estimate of drug-likeness (QED) is 0.666. The van der Waals surface area contributed by atoms with Crippen LogP contribution < -0.4 is 5.32 Å². The zero-order chi connectivity index (χ0) is 18.5. The zero-order valence-electron chi connectivity index (χ0n) is 14.4. The average Bonchev–Trinajstić information content (AvgIpc) is 3.27. The lowest BCUT2D eigenvalue weighted by molar-refractivity contribution is 0.0621. The van der Waals surface area contributed by atoms with Gasteiger partial charge in [0, 0.05) is 23.7 Å². The van der Waals surface area contributed by atoms with Crippen LogP contribution in [0.25, 0.3) is 21.9 Å². The first kappa shape index (κ1) is 17.5. The number of thiophene rings is 1. The molecule has 2 bridgehead atoms. The molecule has 27 heavy (non-hydrogen) atoms. The van der Waals surface area contributed by atoms with Gasteiger partial charge in [-0.05, 0) is 49.4 Å². The largest absolute Gasteiger partial charge is 0.435 e. The lowest BCUT2D eigenvalue weighted by Crippen LogP contribution is -2.57. The first-order valence-corrected chi connectivity index (χ1v) is 10.6. The monoisotopic (exact) mass is 421 g/mol. The van der Waals surface area contributed by atoms with E-state index in [9.17, 15) is 4.79 Å². The zero-order valence-corrected chi connectivity index (χ0v) is 16.7. The minimum atomic E-state index is -0.154. The summed E-state index contributed by atoms with van der Waals surface area (Å²) in [5.41, 5.74) is 1.44. The van der Waals surface area contributed by atoms with Crippen molar-refractivity contribution in [1.82, 2.24) is 15.2 Å². The smallest absolute Gasteiger partial charge is 0.253 e. The molecule has 1 unspecified atom stereocenters. The molecule has 8 heteroatoms. The van der Waals surface area contributed by atoms with E-state index in [0.717, 1.165) is 37.4 Å². The van der Waals surface area contributed by atoms with Crippen LogP contribution in [-0.4, -0.2) is 41.5 Å². The number of carbonyl (C=O) groups is 1. The Hall–Kier alpha value is -1.60. The molecule has 3 aliphatic heterocycles. The van der Waals surface area contributed by atoms with Crippen LogP contribution in [0, 0.1) is 5.92 Å². The van der Waals surface area contributed by atoms with E-state index in [0.29, 0.717) is 38.5 Å². The maximum Gasteiger partial charge on any atom is 0.253 e. The lowest BCUT2D eigenvalue weighted by Gasteiger charge is -2.44. The maximum absolute atomic E-state index is 13.0. The van der Waals surface area contributed by atoms with Gasteiger partial charge in [0.1, 0.15) is 10.4 Å². The molecule has 5 heterocycles. The normalized spacial score (nSPS) is 24.4. The highest BCUT2D eigenvalue weighted by Gasteiger charge is 2.35. The SMILES string of the molecule is O=C(NC1CN2CCC1CC2)c1cc(Cl)cc2oc(-c3sccc3Cl)nc12. The third-order valence-corrected chi connectivity index (χ3v) is 7.04. The minimum absolute atomic E-state index is 0.154. The second-order valence-corrected chi connectivity index (χ2v) is 8.89. The second-order valence-electron chi connectivity index (χ2n) is 7.13. The Morgan fingerprint density at radius 1 is 1.30 bits per heavy atom. The average molecular weight is 422 g/mol. The van der Waals surface area contributed by atoms with Crippen LogP contribution in [0.15, 0.2) is 28.0 Å². The molecule has 0 aliphatic carbocycles. The Morgan fingerprint density at radius 3 is 2.78 bits per heavy atom. The van der Waals surface area contributed by atoms with Crippen LogP contribution in [0.4, 0.5) is 0 Å². The first-order chi connectivity index (χ1) is 13.1. The number of fused-ring (bicyclic) bond motifs is 4. The Kier molecular flexibility index (Phi) is 4.39. The molecule has 140 valence electrons. The molecule has 3 fully saturated rings. The van der Waals surface area contributed by atoms with Crippen molar-refractivity contribution in [3.63, 3.8) is 0 Å². The lowest BCUT2D eigenvalue weighted by atomic mass is 9.84. The van der Waals surface area contributed by atoms with Gasteiger partial charge in [-0.3, -0.25) is 4.79 Å². The summed E-state index contributed by atoms with van der Waals surface area (Å²) in [5, 5.41) is 6.10. The van der Waals surface area contributed by atoms with E-state index in [2.05, 4.69) is 15.2 Å². The fourth-order valence-corrected chi connectivity index (χ4v) is 5.36. The van der Waals surface area contributed by atoms with Crippen LogP contribution in [0.2, 0.25) is 10.0 Å². The van der Waals surface area contributed by atoms with Crippen molar-refractivity contribution in [2.24, 2.45) is 5.92 Å². The number of nitrogens with zero attached hydrogens (tertiary/aromatic N) is 2. The van der Waals surface area contributed by atoms with E-state index in [1.807, 2.05) is 5.38 Å². The molecule has 3 saturated heterocycles. The number of amides is 1. The van der Waals surface area contributed by atoms with Crippen molar-refractivity contribution >= 4 is 51.5 Å². The van der Waals surface area contributed by atoms with Gasteiger partial charge in [0.25, 0.3) is 5.91 Å². The summed E-state index contributed by atoms with van der Waals surface area (Å²) in [6, 6.07) is 5.31. The summed E-state index contributed by atoms with van der Waals surface area (Å²) >= 11 is 13.9. The fraction of sp³-hybridized carbons (Fsp3) is 0.368. The highest BCUT2D eigenvalue weighted by atomic mass is 35.5. The predicted octanol–water partition coefficient (Wildman–Crippen LogP) is 4.69. The molecule has 0 spiro atoms. The number of benzene rings is 1. The number of nitrogens with one attached hydrogen (secondary N) is 1. The number of oxazole rings is 1. The molecular weight excluding hydrogens is 405 g/mol. The van der Waals surface area contributed by atoms with E-state index >= 15 is 0 Å². The topological polar surface area (TPSA) is 58.4 Å². The van der Waals surface area contributed by atoms with Crippen molar-refractivity contribution in [2.45, 2.75) is 18.9 Å². The molecule has 0 radical (unpaired) electrons. The van der Waals surface area contributed by atoms with Gasteiger partial charge in [-0.1, -0.05) is 23.2 Å². The summed E-state index contributed by atoms with van der Waals surface area (Å²) in [5.74, 6) is 0.800. The van der Waals surface area contributed by atoms with Crippen LogP contribution in [0.1, 0.15) is 23.2 Å². The molecular formula is C19H17Cl2N3O2S. The highest BCUT2D eigenvalue weighted by molar-refractivity contribution is 7.14. The fourth-order valence-electron chi connectivity index (χ4n) is 4.09. The number of piperidine rings is 3. The standard InChI is InChI=1S/C19H17Cl2N3O2S/c20-11-7-12(18(25)22-14-9-24-4-1-10(14)2-5-24)16-15(8-11)26-19(23-16)17-13(21)3-6-27-17/h3,6-8,10,14H,1-2,4-5,9H2,(H,22,25). The molecule has 1 aromatic carbocycles. The van der Waals surface area contributed by atoms with Gasteiger partial charge < -0.3 is 14.6 Å². The van der Waals surface area contributed by atoms with Gasteiger partial charge in [0.15, 0.2) is 5.58 Å². The molecule has 1 amide bonds. The van der Waals surface area contributed by atoms with Crippen molar-refractivity contribution < 1.29 is 9.21 Å². The van der Waals surface area contributed by atoms with Crippen molar-refractivity contribution in [2.75, 3.05) is 19.6 Å². The van der Waals surface area contributed by atoms with E-state index in [1.165, 1.54) is 11.3 Å². The summed E-state index contributed by atoms with van der Waals surface area (Å²) in [7, 11) is 0. The maximum atomic E-state index is 13.0. The molecule has 3 aliphatic rings. The Labute approximate surface area is 170 Å². The van der Waals surface area contributed by atoms with Gasteiger partial charge in [-0.15, -0.1) is 11.3 Å². The van der Waals surface area contributed by atoms with Crippen molar-refractivity contribution in [3.8, 4) is 10.8 Å². The van der Waals surface area contributed by atoms with Crippen LogP contribution >= 0.6 is 34.5 Å². The molecule has 2 aromatic heterocycles. The molecule has 6 rings (SSSR count). The third-order valence-electron chi connectivity index (χ3n) is 5.49.